The summed E-state index contributed by atoms with van der Waals surface area (Å²) in [6.07, 6.45) is 7.37. The zero-order valence-corrected chi connectivity index (χ0v) is 26.4. The standard InChI is InChI=1S/C37H36F3N3O5/c38-37(39,40)47-31-8-4-3-7-26(31)33-28(34(48-42-33)23-9-10-23)17-22-20-36(21-22)13-15-43(16-14-36)24-11-12-29-27(18-24)32(19-30(41-29)35(44)45)46-25-5-1-2-6-25/h3-4,7-8,11-12,17-19,23,25H,1-2,5-6,9-10,13-16,20-21H2,(H,44,45). The van der Waals surface area contributed by atoms with Crippen LogP contribution in [0.2, 0.25) is 0 Å². The van der Waals surface area contributed by atoms with Crippen LogP contribution in [-0.2, 0) is 0 Å². The van der Waals surface area contributed by atoms with Crippen molar-refractivity contribution in [2.24, 2.45) is 5.41 Å². The molecular weight excluding hydrogens is 623 g/mol. The molecule has 1 saturated heterocycles. The number of piperidine rings is 1. The van der Waals surface area contributed by atoms with Gasteiger partial charge in [0.2, 0.25) is 0 Å². The van der Waals surface area contributed by atoms with Crippen LogP contribution in [0.3, 0.4) is 0 Å². The molecule has 8 nitrogen and oxygen atoms in total. The number of carbonyl (C=O) groups is 1. The molecule has 2 aromatic heterocycles. The molecule has 3 saturated carbocycles. The minimum Gasteiger partial charge on any atom is -0.490 e. The van der Waals surface area contributed by atoms with Gasteiger partial charge in [-0.1, -0.05) is 22.9 Å². The number of benzene rings is 2. The normalized spacial score (nSPS) is 19.5. The summed E-state index contributed by atoms with van der Waals surface area (Å²) < 4.78 is 56.0. The number of hydrogen-bond donors (Lipinski definition) is 1. The number of anilines is 1. The van der Waals surface area contributed by atoms with Crippen molar-refractivity contribution >= 4 is 28.6 Å². The Morgan fingerprint density at radius 2 is 1.75 bits per heavy atom. The van der Waals surface area contributed by atoms with Gasteiger partial charge < -0.3 is 24.0 Å². The Bertz CT molecular complexity index is 1890. The van der Waals surface area contributed by atoms with Crippen LogP contribution in [0.1, 0.15) is 91.9 Å². The molecule has 3 aliphatic carbocycles. The molecule has 48 heavy (non-hydrogen) atoms. The second-order valence-electron chi connectivity index (χ2n) is 13.8. The van der Waals surface area contributed by atoms with Crippen LogP contribution >= 0.6 is 0 Å². The van der Waals surface area contributed by atoms with Crippen LogP contribution in [0.5, 0.6) is 11.5 Å². The first kappa shape index (κ1) is 30.8. The smallest absolute Gasteiger partial charge is 0.490 e. The summed E-state index contributed by atoms with van der Waals surface area (Å²) in [6.45, 7) is 1.76. The third kappa shape index (κ3) is 6.10. The maximum Gasteiger partial charge on any atom is 0.573 e. The summed E-state index contributed by atoms with van der Waals surface area (Å²) in [5.41, 5.74) is 4.52. The summed E-state index contributed by atoms with van der Waals surface area (Å²) in [5.74, 6) is 0.203. The fraction of sp³-hybridized carbons (Fsp3) is 0.432. The number of pyridine rings is 1. The average molecular weight is 660 g/mol. The first-order valence-electron chi connectivity index (χ1n) is 16.8. The Labute approximate surface area is 275 Å². The van der Waals surface area contributed by atoms with Gasteiger partial charge in [-0.2, -0.15) is 0 Å². The highest BCUT2D eigenvalue weighted by molar-refractivity contribution is 5.94. The fourth-order valence-electron chi connectivity index (χ4n) is 7.74. The number of carboxylic acid groups (broad SMARTS) is 1. The maximum absolute atomic E-state index is 13.2. The van der Waals surface area contributed by atoms with E-state index in [0.29, 0.717) is 17.0 Å². The summed E-state index contributed by atoms with van der Waals surface area (Å²) in [4.78, 5) is 18.5. The molecule has 0 bridgehead atoms. The van der Waals surface area contributed by atoms with Crippen molar-refractivity contribution in [2.45, 2.75) is 82.6 Å². The lowest BCUT2D eigenvalue weighted by Gasteiger charge is -2.50. The van der Waals surface area contributed by atoms with Gasteiger partial charge in [0.25, 0.3) is 0 Å². The number of ether oxygens (including phenoxy) is 2. The fourth-order valence-corrected chi connectivity index (χ4v) is 7.74. The average Bonchev–Trinajstić information content (AvgIpc) is 3.60. The van der Waals surface area contributed by atoms with Gasteiger partial charge >= 0.3 is 12.3 Å². The van der Waals surface area contributed by atoms with E-state index in [9.17, 15) is 23.1 Å². The second kappa shape index (κ2) is 11.9. The van der Waals surface area contributed by atoms with Gasteiger partial charge in [0.15, 0.2) is 5.69 Å². The molecule has 4 aliphatic rings. The van der Waals surface area contributed by atoms with Gasteiger partial charge in [0.05, 0.1) is 11.6 Å². The van der Waals surface area contributed by atoms with Gasteiger partial charge in [-0.3, -0.25) is 0 Å². The number of fused-ring (bicyclic) bond motifs is 1. The highest BCUT2D eigenvalue weighted by Crippen LogP contribution is 2.55. The lowest BCUT2D eigenvalue weighted by Crippen LogP contribution is -2.44. The van der Waals surface area contributed by atoms with E-state index in [1.807, 2.05) is 12.1 Å². The lowest BCUT2D eigenvalue weighted by atomic mass is 9.60. The third-order valence-corrected chi connectivity index (χ3v) is 10.4. The number of rotatable bonds is 8. The molecule has 1 aliphatic heterocycles. The largest absolute Gasteiger partial charge is 0.573 e. The van der Waals surface area contributed by atoms with Gasteiger partial charge in [-0.25, -0.2) is 9.78 Å². The highest BCUT2D eigenvalue weighted by Gasteiger charge is 2.43. The minimum absolute atomic E-state index is 0.0153. The second-order valence-corrected chi connectivity index (χ2v) is 13.8. The molecule has 4 aromatic rings. The SMILES string of the molecule is O=C(O)c1cc(OC2CCCC2)c2cc(N3CCC4(CC3)CC(=Cc3c(-c5ccccc5OC(F)(F)F)noc3C3CC3)C4)ccc2n1. The van der Waals surface area contributed by atoms with Gasteiger partial charge in [-0.05, 0) is 106 Å². The predicted molar refractivity (Wildman–Crippen MR) is 173 cm³/mol. The molecule has 3 heterocycles. The number of nitrogens with zero attached hydrogens (tertiary/aromatic N) is 3. The number of carboxylic acids is 1. The third-order valence-electron chi connectivity index (χ3n) is 10.4. The van der Waals surface area contributed by atoms with Crippen LogP contribution < -0.4 is 14.4 Å². The number of aromatic carboxylic acids is 1. The molecule has 0 atom stereocenters. The Balaban J connectivity index is 0.992. The van der Waals surface area contributed by atoms with E-state index in [4.69, 9.17) is 9.26 Å². The zero-order valence-electron chi connectivity index (χ0n) is 26.4. The minimum atomic E-state index is -4.81. The van der Waals surface area contributed by atoms with E-state index in [1.54, 1.807) is 18.2 Å². The summed E-state index contributed by atoms with van der Waals surface area (Å²) >= 11 is 0. The molecule has 1 N–H and O–H groups in total. The van der Waals surface area contributed by atoms with Gasteiger partial charge in [0.1, 0.15) is 23.0 Å². The van der Waals surface area contributed by atoms with E-state index >= 15 is 0 Å². The van der Waals surface area contributed by atoms with Crippen LogP contribution in [0.4, 0.5) is 18.9 Å². The van der Waals surface area contributed by atoms with Crippen molar-refractivity contribution in [3.63, 3.8) is 0 Å². The highest BCUT2D eigenvalue weighted by atomic mass is 19.4. The van der Waals surface area contributed by atoms with Crippen molar-refractivity contribution in [1.82, 2.24) is 10.1 Å². The Kier molecular flexibility index (Phi) is 7.60. The molecular formula is C37H36F3N3O5. The number of alkyl halides is 3. The van der Waals surface area contributed by atoms with Crippen LogP contribution in [0.15, 0.2) is 58.6 Å². The summed E-state index contributed by atoms with van der Waals surface area (Å²) in [7, 11) is 0. The zero-order chi connectivity index (χ0) is 33.0. The molecule has 2 aromatic carbocycles. The van der Waals surface area contributed by atoms with Crippen molar-refractivity contribution in [2.75, 3.05) is 18.0 Å². The predicted octanol–water partition coefficient (Wildman–Crippen LogP) is 9.15. The van der Waals surface area contributed by atoms with Crippen LogP contribution in [-0.4, -0.2) is 46.8 Å². The molecule has 1 spiro atoms. The van der Waals surface area contributed by atoms with Gasteiger partial charge in [0, 0.05) is 47.3 Å². The topological polar surface area (TPSA) is 97.9 Å². The first-order chi connectivity index (χ1) is 23.1. The van der Waals surface area contributed by atoms with Crippen molar-refractivity contribution in [3.05, 3.63) is 71.1 Å². The number of para-hydroxylation sites is 1. The number of halogens is 3. The first-order valence-corrected chi connectivity index (χ1v) is 16.8. The molecule has 11 heteroatoms. The summed E-state index contributed by atoms with van der Waals surface area (Å²) in [6, 6.07) is 13.6. The Morgan fingerprint density at radius 1 is 1.00 bits per heavy atom. The van der Waals surface area contributed by atoms with Crippen LogP contribution in [0.25, 0.3) is 28.2 Å². The number of hydrogen-bond acceptors (Lipinski definition) is 7. The van der Waals surface area contributed by atoms with E-state index in [2.05, 4.69) is 31.9 Å². The molecule has 0 radical (unpaired) electrons. The van der Waals surface area contributed by atoms with Crippen molar-refractivity contribution < 1.29 is 37.1 Å². The Morgan fingerprint density at radius 3 is 2.46 bits per heavy atom. The molecule has 4 fully saturated rings. The molecule has 250 valence electrons. The van der Waals surface area contributed by atoms with E-state index in [0.717, 1.165) is 99.7 Å². The monoisotopic (exact) mass is 659 g/mol. The molecule has 8 rings (SSSR count). The molecule has 0 unspecified atom stereocenters. The number of aromatic nitrogens is 2. The quantitative estimate of drug-likeness (QED) is 0.200. The van der Waals surface area contributed by atoms with Crippen molar-refractivity contribution in [3.8, 4) is 22.8 Å². The number of allylic oxidation sites excluding steroid dienone is 1. The molecule has 0 amide bonds. The van der Waals surface area contributed by atoms with E-state index in [-0.39, 0.29) is 34.4 Å². The van der Waals surface area contributed by atoms with Gasteiger partial charge in [-0.15, -0.1) is 13.2 Å². The van der Waals surface area contributed by atoms with Crippen molar-refractivity contribution in [1.29, 1.82) is 0 Å². The summed E-state index contributed by atoms with van der Waals surface area (Å²) in [5, 5.41) is 14.7. The Hall–Kier alpha value is -4.54. The maximum atomic E-state index is 13.2. The lowest BCUT2D eigenvalue weighted by molar-refractivity contribution is -0.274. The van der Waals surface area contributed by atoms with Crippen LogP contribution in [0, 0.1) is 5.41 Å². The van der Waals surface area contributed by atoms with E-state index in [1.165, 1.54) is 17.7 Å². The van der Waals surface area contributed by atoms with E-state index < -0.39 is 12.3 Å².